The van der Waals surface area contributed by atoms with Crippen molar-refractivity contribution in [2.75, 3.05) is 6.61 Å². The van der Waals surface area contributed by atoms with Crippen LogP contribution in [-0.4, -0.2) is 24.1 Å². The molecule has 0 aromatic carbocycles. The zero-order chi connectivity index (χ0) is 13.0. The maximum atomic E-state index is 11.7. The van der Waals surface area contributed by atoms with E-state index in [1.807, 2.05) is 0 Å². The average molecular weight is 236 g/mol. The van der Waals surface area contributed by atoms with E-state index >= 15 is 0 Å². The lowest BCUT2D eigenvalue weighted by Crippen LogP contribution is -2.17. The summed E-state index contributed by atoms with van der Waals surface area (Å²) in [5.74, 6) is -0.647. The number of Topliss-reactive ketones (excluding diaryl/α,β-unsaturated/α-hetero) is 1. The van der Waals surface area contributed by atoms with Crippen molar-refractivity contribution in [3.63, 3.8) is 0 Å². The summed E-state index contributed by atoms with van der Waals surface area (Å²) in [4.78, 5) is 34.5. The van der Waals surface area contributed by atoms with Gasteiger partial charge in [0.1, 0.15) is 0 Å². The molecule has 0 amide bonds. The van der Waals surface area contributed by atoms with E-state index in [1.165, 1.54) is 6.08 Å². The SMILES string of the molecule is CCOC(=O)CCC1=C(C)C(=O)C(C)=CC1=O. The molecule has 1 aliphatic carbocycles. The van der Waals surface area contributed by atoms with E-state index in [-0.39, 0.29) is 30.4 Å². The minimum atomic E-state index is -0.348. The van der Waals surface area contributed by atoms with Crippen LogP contribution in [0.15, 0.2) is 22.8 Å². The smallest absolute Gasteiger partial charge is 0.306 e. The highest BCUT2D eigenvalue weighted by Crippen LogP contribution is 2.22. The van der Waals surface area contributed by atoms with E-state index in [4.69, 9.17) is 4.74 Å². The Bertz CT molecular complexity index is 427. The van der Waals surface area contributed by atoms with Crippen LogP contribution in [0.4, 0.5) is 0 Å². The van der Waals surface area contributed by atoms with Gasteiger partial charge in [-0.15, -0.1) is 0 Å². The molecule has 0 spiro atoms. The van der Waals surface area contributed by atoms with Crippen LogP contribution in [0.5, 0.6) is 0 Å². The van der Waals surface area contributed by atoms with E-state index in [0.29, 0.717) is 23.3 Å². The molecule has 0 aliphatic heterocycles. The molecule has 0 saturated carbocycles. The summed E-state index contributed by atoms with van der Waals surface area (Å²) < 4.78 is 4.78. The van der Waals surface area contributed by atoms with E-state index in [1.54, 1.807) is 20.8 Å². The normalized spacial score (nSPS) is 16.1. The molecule has 4 nitrogen and oxygen atoms in total. The summed E-state index contributed by atoms with van der Waals surface area (Å²) in [5.41, 5.74) is 1.32. The van der Waals surface area contributed by atoms with Crippen LogP contribution in [0.3, 0.4) is 0 Å². The zero-order valence-corrected chi connectivity index (χ0v) is 10.3. The van der Waals surface area contributed by atoms with Gasteiger partial charge in [-0.05, 0) is 33.3 Å². The van der Waals surface area contributed by atoms with Gasteiger partial charge in [0.15, 0.2) is 11.6 Å². The topological polar surface area (TPSA) is 60.4 Å². The van der Waals surface area contributed by atoms with Crippen LogP contribution in [-0.2, 0) is 19.1 Å². The number of ether oxygens (including phenoxy) is 1. The second-order valence-corrected chi connectivity index (χ2v) is 3.93. The third kappa shape index (κ3) is 3.12. The third-order valence-corrected chi connectivity index (χ3v) is 2.68. The Hall–Kier alpha value is -1.71. The Morgan fingerprint density at radius 3 is 2.53 bits per heavy atom. The monoisotopic (exact) mass is 236 g/mol. The Morgan fingerprint density at radius 1 is 1.29 bits per heavy atom. The van der Waals surface area contributed by atoms with Crippen LogP contribution in [0.2, 0.25) is 0 Å². The molecule has 17 heavy (non-hydrogen) atoms. The summed E-state index contributed by atoms with van der Waals surface area (Å²) in [7, 11) is 0. The summed E-state index contributed by atoms with van der Waals surface area (Å²) >= 11 is 0. The molecule has 0 aromatic heterocycles. The average Bonchev–Trinajstić information content (AvgIpc) is 2.26. The Balaban J connectivity index is 2.74. The molecule has 1 rings (SSSR count). The van der Waals surface area contributed by atoms with E-state index < -0.39 is 0 Å². The number of rotatable bonds is 4. The van der Waals surface area contributed by atoms with Gasteiger partial charge in [-0.2, -0.15) is 0 Å². The molecule has 4 heteroatoms. The Labute approximate surface area is 100 Å². The van der Waals surface area contributed by atoms with Crippen LogP contribution < -0.4 is 0 Å². The number of hydrogen-bond acceptors (Lipinski definition) is 4. The first-order chi connectivity index (χ1) is 7.97. The number of hydrogen-bond donors (Lipinski definition) is 0. The van der Waals surface area contributed by atoms with Crippen molar-refractivity contribution in [2.45, 2.75) is 33.6 Å². The van der Waals surface area contributed by atoms with E-state index in [9.17, 15) is 14.4 Å². The molecule has 1 aliphatic rings. The van der Waals surface area contributed by atoms with Crippen molar-refractivity contribution in [3.05, 3.63) is 22.8 Å². The van der Waals surface area contributed by atoms with Crippen molar-refractivity contribution in [1.82, 2.24) is 0 Å². The standard InChI is InChI=1S/C13H16O4/c1-4-17-12(15)6-5-10-9(3)13(16)8(2)7-11(10)14/h7H,4-6H2,1-3H3. The van der Waals surface area contributed by atoms with E-state index in [2.05, 4.69) is 0 Å². The molecule has 0 saturated heterocycles. The first-order valence-corrected chi connectivity index (χ1v) is 5.60. The highest BCUT2D eigenvalue weighted by Gasteiger charge is 2.23. The quantitative estimate of drug-likeness (QED) is 0.551. The lowest BCUT2D eigenvalue weighted by Gasteiger charge is -2.14. The minimum absolute atomic E-state index is 0.122. The van der Waals surface area contributed by atoms with Gasteiger partial charge in [-0.1, -0.05) is 0 Å². The highest BCUT2D eigenvalue weighted by atomic mass is 16.5. The van der Waals surface area contributed by atoms with Gasteiger partial charge in [0, 0.05) is 23.1 Å². The molecule has 0 fully saturated rings. The maximum Gasteiger partial charge on any atom is 0.306 e. The number of allylic oxidation sites excluding steroid dienone is 4. The maximum absolute atomic E-state index is 11.7. The minimum Gasteiger partial charge on any atom is -0.466 e. The van der Waals surface area contributed by atoms with Gasteiger partial charge in [-0.3, -0.25) is 14.4 Å². The van der Waals surface area contributed by atoms with Crippen molar-refractivity contribution < 1.29 is 19.1 Å². The van der Waals surface area contributed by atoms with Gasteiger partial charge in [0.05, 0.1) is 6.61 Å². The lowest BCUT2D eigenvalue weighted by atomic mass is 9.89. The molecule has 92 valence electrons. The predicted octanol–water partition coefficient (Wildman–Crippen LogP) is 1.74. The molecule has 0 bridgehead atoms. The molecular weight excluding hydrogens is 220 g/mol. The number of ketones is 2. The molecule has 0 heterocycles. The molecule has 0 N–H and O–H groups in total. The largest absolute Gasteiger partial charge is 0.466 e. The van der Waals surface area contributed by atoms with Crippen molar-refractivity contribution >= 4 is 17.5 Å². The molecular formula is C13H16O4. The van der Waals surface area contributed by atoms with Gasteiger partial charge in [-0.25, -0.2) is 0 Å². The first-order valence-electron chi connectivity index (χ1n) is 5.60. The van der Waals surface area contributed by atoms with Crippen molar-refractivity contribution in [1.29, 1.82) is 0 Å². The molecule has 0 unspecified atom stereocenters. The number of carbonyl (C=O) groups excluding carboxylic acids is 3. The van der Waals surface area contributed by atoms with Crippen LogP contribution >= 0.6 is 0 Å². The van der Waals surface area contributed by atoms with Crippen LogP contribution in [0, 0.1) is 0 Å². The van der Waals surface area contributed by atoms with Crippen molar-refractivity contribution in [2.24, 2.45) is 0 Å². The fourth-order valence-electron chi connectivity index (χ4n) is 1.74. The fraction of sp³-hybridized carbons (Fsp3) is 0.462. The van der Waals surface area contributed by atoms with Crippen LogP contribution in [0.1, 0.15) is 33.6 Å². The Morgan fingerprint density at radius 2 is 1.94 bits per heavy atom. The van der Waals surface area contributed by atoms with Gasteiger partial charge in [0.2, 0.25) is 0 Å². The third-order valence-electron chi connectivity index (χ3n) is 2.68. The summed E-state index contributed by atoms with van der Waals surface area (Å²) in [5, 5.41) is 0. The second kappa shape index (κ2) is 5.57. The summed E-state index contributed by atoms with van der Waals surface area (Å²) in [6, 6.07) is 0. The van der Waals surface area contributed by atoms with Gasteiger partial charge >= 0.3 is 5.97 Å². The predicted molar refractivity (Wildman–Crippen MR) is 62.3 cm³/mol. The van der Waals surface area contributed by atoms with Gasteiger partial charge in [0.25, 0.3) is 0 Å². The summed E-state index contributed by atoms with van der Waals surface area (Å²) in [6.07, 6.45) is 1.72. The second-order valence-electron chi connectivity index (χ2n) is 3.93. The number of carbonyl (C=O) groups is 3. The molecule has 0 aromatic rings. The van der Waals surface area contributed by atoms with Gasteiger partial charge < -0.3 is 4.74 Å². The first kappa shape index (κ1) is 13.4. The lowest BCUT2D eigenvalue weighted by molar-refractivity contribution is -0.143. The Kier molecular flexibility index (Phi) is 4.37. The molecule has 0 radical (unpaired) electrons. The fourth-order valence-corrected chi connectivity index (χ4v) is 1.74. The number of esters is 1. The van der Waals surface area contributed by atoms with E-state index in [0.717, 1.165) is 0 Å². The molecule has 0 atom stereocenters. The van der Waals surface area contributed by atoms with Crippen molar-refractivity contribution in [3.8, 4) is 0 Å². The highest BCUT2D eigenvalue weighted by molar-refractivity contribution is 6.22. The zero-order valence-electron chi connectivity index (χ0n) is 10.3. The van der Waals surface area contributed by atoms with Crippen LogP contribution in [0.25, 0.3) is 0 Å². The summed E-state index contributed by atoms with van der Waals surface area (Å²) in [6.45, 7) is 5.29.